The summed E-state index contributed by atoms with van der Waals surface area (Å²) in [5.41, 5.74) is 3.08. The average Bonchev–Trinajstić information content (AvgIpc) is 3.24. The Morgan fingerprint density at radius 3 is 2.69 bits per heavy atom. The van der Waals surface area contributed by atoms with Crippen LogP contribution in [0.15, 0.2) is 46.9 Å². The first-order valence-electron chi connectivity index (χ1n) is 9.16. The van der Waals surface area contributed by atoms with E-state index in [0.717, 1.165) is 42.7 Å². The SMILES string of the molecule is O=C(c1ccc2nc(C3CC3)oc2c1)N1CCC[C@H]1c1ccc(F)cc1. The van der Waals surface area contributed by atoms with E-state index in [0.29, 0.717) is 23.6 Å². The molecular formula is C21H19FN2O2. The van der Waals surface area contributed by atoms with Crippen LogP contribution in [-0.2, 0) is 0 Å². The first-order valence-corrected chi connectivity index (χ1v) is 9.16. The number of halogens is 1. The molecule has 2 heterocycles. The lowest BCUT2D eigenvalue weighted by Crippen LogP contribution is -2.30. The summed E-state index contributed by atoms with van der Waals surface area (Å²) in [6.45, 7) is 0.711. The summed E-state index contributed by atoms with van der Waals surface area (Å²) in [4.78, 5) is 19.5. The van der Waals surface area contributed by atoms with Crippen molar-refractivity contribution >= 4 is 17.0 Å². The highest BCUT2D eigenvalue weighted by atomic mass is 19.1. The minimum atomic E-state index is -0.258. The Morgan fingerprint density at radius 2 is 1.92 bits per heavy atom. The smallest absolute Gasteiger partial charge is 0.254 e. The Labute approximate surface area is 150 Å². The molecule has 0 spiro atoms. The number of amides is 1. The van der Waals surface area contributed by atoms with Gasteiger partial charge in [0.15, 0.2) is 11.5 Å². The van der Waals surface area contributed by atoms with Crippen molar-refractivity contribution in [1.82, 2.24) is 9.88 Å². The lowest BCUT2D eigenvalue weighted by Gasteiger charge is -2.25. The van der Waals surface area contributed by atoms with E-state index in [-0.39, 0.29) is 17.8 Å². The summed E-state index contributed by atoms with van der Waals surface area (Å²) in [5.74, 6) is 0.966. The van der Waals surface area contributed by atoms with Crippen LogP contribution in [0.4, 0.5) is 4.39 Å². The van der Waals surface area contributed by atoms with Crippen molar-refractivity contribution in [1.29, 1.82) is 0 Å². The first kappa shape index (κ1) is 15.6. The predicted octanol–water partition coefficient (Wildman–Crippen LogP) is 4.82. The highest BCUT2D eigenvalue weighted by Crippen LogP contribution is 2.40. The van der Waals surface area contributed by atoms with E-state index in [1.807, 2.05) is 17.0 Å². The maximum absolute atomic E-state index is 13.2. The van der Waals surface area contributed by atoms with Crippen molar-refractivity contribution in [2.45, 2.75) is 37.6 Å². The van der Waals surface area contributed by atoms with Gasteiger partial charge in [0.1, 0.15) is 11.3 Å². The molecule has 132 valence electrons. The lowest BCUT2D eigenvalue weighted by molar-refractivity contribution is 0.0735. The van der Waals surface area contributed by atoms with Gasteiger partial charge in [-0.25, -0.2) is 9.37 Å². The molecule has 0 N–H and O–H groups in total. The molecule has 3 aromatic rings. The van der Waals surface area contributed by atoms with Gasteiger partial charge in [-0.1, -0.05) is 12.1 Å². The van der Waals surface area contributed by atoms with E-state index in [4.69, 9.17) is 4.42 Å². The molecule has 1 aliphatic carbocycles. The third-order valence-corrected chi connectivity index (χ3v) is 5.35. The van der Waals surface area contributed by atoms with Gasteiger partial charge in [0.25, 0.3) is 5.91 Å². The second kappa shape index (κ2) is 5.94. The van der Waals surface area contributed by atoms with Crippen LogP contribution in [0, 0.1) is 5.82 Å². The number of likely N-dealkylation sites (tertiary alicyclic amines) is 1. The molecule has 1 saturated carbocycles. The summed E-state index contributed by atoms with van der Waals surface area (Å²) in [6, 6.07) is 11.9. The quantitative estimate of drug-likeness (QED) is 0.680. The molecule has 4 nitrogen and oxygen atoms in total. The lowest BCUT2D eigenvalue weighted by atomic mass is 10.0. The molecule has 5 rings (SSSR count). The van der Waals surface area contributed by atoms with Gasteiger partial charge in [-0.3, -0.25) is 4.79 Å². The molecule has 2 aliphatic rings. The van der Waals surface area contributed by atoms with Gasteiger partial charge in [-0.15, -0.1) is 0 Å². The number of carbonyl (C=O) groups excluding carboxylic acids is 1. The number of fused-ring (bicyclic) bond motifs is 1. The van der Waals surface area contributed by atoms with Crippen LogP contribution in [0.3, 0.4) is 0 Å². The van der Waals surface area contributed by atoms with Gasteiger partial charge in [0.2, 0.25) is 0 Å². The number of rotatable bonds is 3. The van der Waals surface area contributed by atoms with Crippen LogP contribution in [0.1, 0.15) is 59.5 Å². The molecule has 5 heteroatoms. The van der Waals surface area contributed by atoms with Gasteiger partial charge in [-0.2, -0.15) is 0 Å². The Morgan fingerprint density at radius 1 is 1.12 bits per heavy atom. The molecule has 1 aromatic heterocycles. The molecule has 0 unspecified atom stereocenters. The van der Waals surface area contributed by atoms with E-state index in [2.05, 4.69) is 4.98 Å². The number of oxazole rings is 1. The van der Waals surface area contributed by atoms with Crippen molar-refractivity contribution in [3.8, 4) is 0 Å². The van der Waals surface area contributed by atoms with E-state index in [1.165, 1.54) is 12.1 Å². The Bertz CT molecular complexity index is 975. The fraction of sp³-hybridized carbons (Fsp3) is 0.333. The monoisotopic (exact) mass is 350 g/mol. The first-order chi connectivity index (χ1) is 12.7. The van der Waals surface area contributed by atoms with Crippen LogP contribution < -0.4 is 0 Å². The topological polar surface area (TPSA) is 46.3 Å². The van der Waals surface area contributed by atoms with Crippen LogP contribution in [0.5, 0.6) is 0 Å². The largest absolute Gasteiger partial charge is 0.440 e. The zero-order valence-corrected chi connectivity index (χ0v) is 14.3. The molecule has 2 aromatic carbocycles. The molecular weight excluding hydrogens is 331 g/mol. The van der Waals surface area contributed by atoms with Crippen LogP contribution in [0.25, 0.3) is 11.1 Å². The molecule has 1 atom stereocenters. The Kier molecular flexibility index (Phi) is 3.55. The number of hydrogen-bond donors (Lipinski definition) is 0. The number of carbonyl (C=O) groups is 1. The fourth-order valence-electron chi connectivity index (χ4n) is 3.79. The van der Waals surface area contributed by atoms with Crippen LogP contribution >= 0.6 is 0 Å². The van der Waals surface area contributed by atoms with E-state index >= 15 is 0 Å². The van der Waals surface area contributed by atoms with E-state index in [1.54, 1.807) is 18.2 Å². The van der Waals surface area contributed by atoms with Crippen LogP contribution in [-0.4, -0.2) is 22.3 Å². The molecule has 0 radical (unpaired) electrons. The zero-order valence-electron chi connectivity index (χ0n) is 14.3. The summed E-state index contributed by atoms with van der Waals surface area (Å²) < 4.78 is 19.1. The number of nitrogens with zero attached hydrogens (tertiary/aromatic N) is 2. The third-order valence-electron chi connectivity index (χ3n) is 5.35. The Hall–Kier alpha value is -2.69. The fourth-order valence-corrected chi connectivity index (χ4v) is 3.79. The predicted molar refractivity (Wildman–Crippen MR) is 95.4 cm³/mol. The van der Waals surface area contributed by atoms with Gasteiger partial charge in [0, 0.05) is 18.0 Å². The van der Waals surface area contributed by atoms with Crippen molar-refractivity contribution in [2.24, 2.45) is 0 Å². The van der Waals surface area contributed by atoms with Crippen molar-refractivity contribution in [2.75, 3.05) is 6.54 Å². The average molecular weight is 350 g/mol. The van der Waals surface area contributed by atoms with E-state index in [9.17, 15) is 9.18 Å². The van der Waals surface area contributed by atoms with Gasteiger partial charge in [-0.05, 0) is 61.6 Å². The second-order valence-corrected chi connectivity index (χ2v) is 7.22. The summed E-state index contributed by atoms with van der Waals surface area (Å²) >= 11 is 0. The normalized spacial score (nSPS) is 20.0. The maximum atomic E-state index is 13.2. The minimum absolute atomic E-state index is 0.00412. The van der Waals surface area contributed by atoms with Crippen molar-refractivity contribution < 1.29 is 13.6 Å². The second-order valence-electron chi connectivity index (χ2n) is 7.22. The highest BCUT2D eigenvalue weighted by Gasteiger charge is 2.32. The standard InChI is InChI=1S/C21H19FN2O2/c22-16-8-5-13(6-9-16)18-2-1-11-24(18)21(25)15-7-10-17-19(12-15)26-20(23-17)14-3-4-14/h5-10,12,14,18H,1-4,11H2/t18-/m0/s1. The number of benzene rings is 2. The Balaban J connectivity index is 1.44. The van der Waals surface area contributed by atoms with Gasteiger partial charge < -0.3 is 9.32 Å². The zero-order chi connectivity index (χ0) is 17.7. The molecule has 26 heavy (non-hydrogen) atoms. The third kappa shape index (κ3) is 2.68. The minimum Gasteiger partial charge on any atom is -0.440 e. The van der Waals surface area contributed by atoms with Gasteiger partial charge >= 0.3 is 0 Å². The highest BCUT2D eigenvalue weighted by molar-refractivity contribution is 5.97. The van der Waals surface area contributed by atoms with Crippen molar-refractivity contribution in [3.05, 3.63) is 65.3 Å². The summed E-state index contributed by atoms with van der Waals surface area (Å²) in [5, 5.41) is 0. The molecule has 2 fully saturated rings. The molecule has 1 amide bonds. The molecule has 1 saturated heterocycles. The van der Waals surface area contributed by atoms with Crippen molar-refractivity contribution in [3.63, 3.8) is 0 Å². The van der Waals surface area contributed by atoms with Crippen LogP contribution in [0.2, 0.25) is 0 Å². The summed E-state index contributed by atoms with van der Waals surface area (Å²) in [6.07, 6.45) is 4.11. The van der Waals surface area contributed by atoms with Gasteiger partial charge in [0.05, 0.1) is 6.04 Å². The van der Waals surface area contributed by atoms with E-state index < -0.39 is 0 Å². The number of hydrogen-bond acceptors (Lipinski definition) is 3. The maximum Gasteiger partial charge on any atom is 0.254 e. The number of aromatic nitrogens is 1. The summed E-state index contributed by atoms with van der Waals surface area (Å²) in [7, 11) is 0. The molecule has 0 bridgehead atoms. The molecule has 1 aliphatic heterocycles.